The molecule has 3 nitrogen and oxygen atoms in total. The lowest BCUT2D eigenvalue weighted by Crippen LogP contribution is -2.41. The standard InChI is InChI=1S/C13H14F3NO2S/c14-13(15,16)12(18,19)11-17-8-10(20-11)7-6-9-4-2-1-3-5-9/h8-9,18-19H,1-5H2. The SMILES string of the molecule is OC(O)(c1ncc(C#CC2CCCCC2)s1)C(F)(F)F. The molecule has 0 aliphatic heterocycles. The molecule has 1 aromatic rings. The van der Waals surface area contributed by atoms with Crippen LogP contribution in [0.2, 0.25) is 0 Å². The van der Waals surface area contributed by atoms with Crippen molar-refractivity contribution in [2.24, 2.45) is 5.92 Å². The van der Waals surface area contributed by atoms with E-state index in [1.807, 2.05) is 0 Å². The van der Waals surface area contributed by atoms with Crippen LogP contribution in [-0.2, 0) is 5.79 Å². The Bertz CT molecular complexity index is 522. The third kappa shape index (κ3) is 3.32. The molecule has 1 aromatic heterocycles. The number of thiazole rings is 1. The molecule has 0 bridgehead atoms. The summed E-state index contributed by atoms with van der Waals surface area (Å²) in [7, 11) is 0. The number of alkyl halides is 3. The molecule has 7 heteroatoms. The predicted molar refractivity (Wildman–Crippen MR) is 67.7 cm³/mol. The van der Waals surface area contributed by atoms with E-state index in [4.69, 9.17) is 10.2 Å². The van der Waals surface area contributed by atoms with Gasteiger partial charge in [-0.3, -0.25) is 0 Å². The third-order valence-corrected chi connectivity index (χ3v) is 4.21. The highest BCUT2D eigenvalue weighted by molar-refractivity contribution is 7.12. The quantitative estimate of drug-likeness (QED) is 0.619. The molecule has 1 heterocycles. The van der Waals surface area contributed by atoms with Gasteiger partial charge < -0.3 is 10.2 Å². The van der Waals surface area contributed by atoms with Crippen LogP contribution in [0.3, 0.4) is 0 Å². The molecule has 1 saturated carbocycles. The Balaban J connectivity index is 2.11. The molecule has 0 radical (unpaired) electrons. The maximum Gasteiger partial charge on any atom is 0.450 e. The number of halogens is 3. The van der Waals surface area contributed by atoms with Crippen LogP contribution in [0.25, 0.3) is 0 Å². The summed E-state index contributed by atoms with van der Waals surface area (Å²) >= 11 is 0.551. The van der Waals surface area contributed by atoms with Crippen LogP contribution in [0.15, 0.2) is 6.20 Å². The Labute approximate surface area is 118 Å². The van der Waals surface area contributed by atoms with E-state index in [1.165, 1.54) is 6.42 Å². The van der Waals surface area contributed by atoms with Gasteiger partial charge in [0.15, 0.2) is 5.01 Å². The normalized spacial score (nSPS) is 17.6. The fourth-order valence-corrected chi connectivity index (χ4v) is 2.82. The van der Waals surface area contributed by atoms with Crippen LogP contribution in [0.1, 0.15) is 42.0 Å². The molecule has 2 N–H and O–H groups in total. The van der Waals surface area contributed by atoms with Gasteiger partial charge in [-0.1, -0.05) is 31.1 Å². The smallest absolute Gasteiger partial charge is 0.353 e. The van der Waals surface area contributed by atoms with Crippen molar-refractivity contribution in [1.29, 1.82) is 0 Å². The van der Waals surface area contributed by atoms with Crippen molar-refractivity contribution in [2.45, 2.75) is 44.1 Å². The zero-order chi connectivity index (χ0) is 14.8. The molecule has 0 spiro atoms. The molecule has 0 amide bonds. The Morgan fingerprint density at radius 1 is 1.20 bits per heavy atom. The lowest BCUT2D eigenvalue weighted by Gasteiger charge is -2.21. The second-order valence-electron chi connectivity index (χ2n) is 4.80. The highest BCUT2D eigenvalue weighted by Gasteiger charge is 2.56. The van der Waals surface area contributed by atoms with Crippen LogP contribution >= 0.6 is 11.3 Å². The Kier molecular flexibility index (Phi) is 4.37. The zero-order valence-electron chi connectivity index (χ0n) is 10.6. The van der Waals surface area contributed by atoms with Crippen LogP contribution < -0.4 is 0 Å². The summed E-state index contributed by atoms with van der Waals surface area (Å²) < 4.78 is 37.3. The van der Waals surface area contributed by atoms with Crippen molar-refractivity contribution in [2.75, 3.05) is 0 Å². The van der Waals surface area contributed by atoms with Crippen LogP contribution in [-0.4, -0.2) is 21.4 Å². The van der Waals surface area contributed by atoms with Gasteiger partial charge in [0, 0.05) is 5.92 Å². The highest BCUT2D eigenvalue weighted by Crippen LogP contribution is 2.38. The Hall–Kier alpha value is -1.10. The van der Waals surface area contributed by atoms with Crippen molar-refractivity contribution in [3.05, 3.63) is 16.1 Å². The molecule has 1 aliphatic rings. The molecular weight excluding hydrogens is 291 g/mol. The molecule has 2 rings (SSSR count). The minimum Gasteiger partial charge on any atom is -0.353 e. The predicted octanol–water partition coefficient (Wildman–Crippen LogP) is 2.77. The van der Waals surface area contributed by atoms with Crippen molar-refractivity contribution in [1.82, 2.24) is 4.98 Å². The number of aromatic nitrogens is 1. The van der Waals surface area contributed by atoms with Crippen LogP contribution in [0.5, 0.6) is 0 Å². The average molecular weight is 305 g/mol. The van der Waals surface area contributed by atoms with E-state index in [0.29, 0.717) is 16.2 Å². The van der Waals surface area contributed by atoms with Gasteiger partial charge in [0.25, 0.3) is 0 Å². The number of nitrogens with zero attached hydrogens (tertiary/aromatic N) is 1. The molecular formula is C13H14F3NO2S. The van der Waals surface area contributed by atoms with E-state index in [1.54, 1.807) is 0 Å². The fraction of sp³-hybridized carbons (Fsp3) is 0.615. The number of hydrogen-bond donors (Lipinski definition) is 2. The topological polar surface area (TPSA) is 53.4 Å². The summed E-state index contributed by atoms with van der Waals surface area (Å²) in [6.07, 6.45) is 1.42. The summed E-state index contributed by atoms with van der Waals surface area (Å²) in [5, 5.41) is 17.4. The van der Waals surface area contributed by atoms with Crippen molar-refractivity contribution in [3.63, 3.8) is 0 Å². The second-order valence-corrected chi connectivity index (χ2v) is 5.83. The van der Waals surface area contributed by atoms with Crippen molar-refractivity contribution < 1.29 is 23.4 Å². The van der Waals surface area contributed by atoms with Gasteiger partial charge in [-0.05, 0) is 12.8 Å². The maximum absolute atomic E-state index is 12.4. The molecule has 0 atom stereocenters. The van der Waals surface area contributed by atoms with Crippen molar-refractivity contribution >= 4 is 11.3 Å². The first-order chi connectivity index (χ1) is 9.30. The summed E-state index contributed by atoms with van der Waals surface area (Å²) in [4.78, 5) is 3.72. The average Bonchev–Trinajstić information content (AvgIpc) is 2.85. The van der Waals surface area contributed by atoms with E-state index in [9.17, 15) is 13.2 Å². The largest absolute Gasteiger partial charge is 0.450 e. The van der Waals surface area contributed by atoms with Crippen LogP contribution in [0.4, 0.5) is 13.2 Å². The molecule has 0 aromatic carbocycles. The summed E-state index contributed by atoms with van der Waals surface area (Å²) in [6, 6.07) is 0. The number of rotatable bonds is 1. The van der Waals surface area contributed by atoms with Gasteiger partial charge >= 0.3 is 12.0 Å². The van der Waals surface area contributed by atoms with Gasteiger partial charge in [-0.25, -0.2) is 4.98 Å². The monoisotopic (exact) mass is 305 g/mol. The molecule has 110 valence electrons. The molecule has 0 saturated heterocycles. The van der Waals surface area contributed by atoms with Gasteiger partial charge in [-0.2, -0.15) is 13.2 Å². The molecule has 1 fully saturated rings. The van der Waals surface area contributed by atoms with E-state index < -0.39 is 17.0 Å². The number of hydrogen-bond acceptors (Lipinski definition) is 4. The van der Waals surface area contributed by atoms with E-state index >= 15 is 0 Å². The lowest BCUT2D eigenvalue weighted by molar-refractivity contribution is -0.358. The Morgan fingerprint density at radius 3 is 2.45 bits per heavy atom. The van der Waals surface area contributed by atoms with Gasteiger partial charge in [0.1, 0.15) is 0 Å². The van der Waals surface area contributed by atoms with Gasteiger partial charge in [0.05, 0.1) is 11.1 Å². The summed E-state index contributed by atoms with van der Waals surface area (Å²) in [5.41, 5.74) is 0. The molecule has 20 heavy (non-hydrogen) atoms. The molecule has 1 aliphatic carbocycles. The van der Waals surface area contributed by atoms with E-state index in [-0.39, 0.29) is 5.92 Å². The first-order valence-corrected chi connectivity index (χ1v) is 7.11. The lowest BCUT2D eigenvalue weighted by atomic mass is 9.90. The van der Waals surface area contributed by atoms with Gasteiger partial charge in [0.2, 0.25) is 0 Å². The van der Waals surface area contributed by atoms with E-state index in [0.717, 1.165) is 31.9 Å². The Morgan fingerprint density at radius 2 is 1.85 bits per heavy atom. The second kappa shape index (κ2) is 5.72. The van der Waals surface area contributed by atoms with E-state index in [2.05, 4.69) is 16.8 Å². The first kappa shape index (κ1) is 15.3. The van der Waals surface area contributed by atoms with Crippen molar-refractivity contribution in [3.8, 4) is 11.8 Å². The first-order valence-electron chi connectivity index (χ1n) is 6.30. The van der Waals surface area contributed by atoms with Gasteiger partial charge in [-0.15, -0.1) is 11.3 Å². The van der Waals surface area contributed by atoms with Crippen LogP contribution in [0, 0.1) is 17.8 Å². The third-order valence-electron chi connectivity index (χ3n) is 3.20. The molecule has 0 unspecified atom stereocenters. The summed E-state index contributed by atoms with van der Waals surface area (Å²) in [6.45, 7) is 0. The minimum absolute atomic E-state index is 0.268. The maximum atomic E-state index is 12.4. The summed E-state index contributed by atoms with van der Waals surface area (Å²) in [5.74, 6) is 2.15. The number of aliphatic hydroxyl groups is 2. The fourth-order valence-electron chi connectivity index (χ4n) is 2.03. The zero-order valence-corrected chi connectivity index (χ0v) is 11.4. The highest BCUT2D eigenvalue weighted by atomic mass is 32.1. The minimum atomic E-state index is -5.18.